The second-order valence-corrected chi connectivity index (χ2v) is 10.4. The first-order valence-corrected chi connectivity index (χ1v) is 13.5. The minimum atomic E-state index is -0.926. The summed E-state index contributed by atoms with van der Waals surface area (Å²) in [6.07, 6.45) is 4.32. The Kier molecular flexibility index (Phi) is 6.61. The quantitative estimate of drug-likeness (QED) is 0.501. The molecule has 0 saturated heterocycles. The zero-order valence-electron chi connectivity index (χ0n) is 20.3. The van der Waals surface area contributed by atoms with Crippen LogP contribution in [-0.4, -0.2) is 37.4 Å². The maximum Gasteiger partial charge on any atom is 0.272 e. The first-order valence-electron chi connectivity index (χ1n) is 12.6. The van der Waals surface area contributed by atoms with E-state index >= 15 is 0 Å². The van der Waals surface area contributed by atoms with Crippen molar-refractivity contribution in [3.63, 3.8) is 0 Å². The third kappa shape index (κ3) is 4.83. The standard InChI is InChI=1S/C28H28N2O6S/c31-27(29-18-7-2-1-3-8-18)26(25-11-6-14-37-25)30(19-12-13-21-23(15-19)35-17-34-21)28(32)24-16-33-20-9-4-5-10-22(20)36-24/h4-6,9-15,18,24,26H,1-3,7-8,16-17H2,(H,29,31)/t24-,26+/m0/s1. The molecule has 0 unspecified atom stereocenters. The number of fused-ring (bicyclic) bond motifs is 2. The highest BCUT2D eigenvalue weighted by molar-refractivity contribution is 7.10. The number of nitrogens with zero attached hydrogens (tertiary/aromatic N) is 1. The van der Waals surface area contributed by atoms with Crippen LogP contribution in [0.25, 0.3) is 0 Å². The summed E-state index contributed by atoms with van der Waals surface area (Å²) in [4.78, 5) is 30.4. The lowest BCUT2D eigenvalue weighted by molar-refractivity contribution is -0.132. The molecule has 3 aliphatic rings. The Bertz CT molecular complexity index is 1270. The van der Waals surface area contributed by atoms with Gasteiger partial charge in [0.15, 0.2) is 23.0 Å². The summed E-state index contributed by atoms with van der Waals surface area (Å²) in [5.74, 6) is 1.63. The minimum Gasteiger partial charge on any atom is -0.485 e. The molecule has 0 spiro atoms. The highest BCUT2D eigenvalue weighted by Gasteiger charge is 2.40. The zero-order chi connectivity index (χ0) is 25.2. The number of carbonyl (C=O) groups is 2. The van der Waals surface area contributed by atoms with Crippen LogP contribution in [0.2, 0.25) is 0 Å². The molecule has 0 radical (unpaired) electrons. The summed E-state index contributed by atoms with van der Waals surface area (Å²) >= 11 is 1.44. The molecule has 3 aromatic rings. The lowest BCUT2D eigenvalue weighted by Gasteiger charge is -2.35. The Morgan fingerprint density at radius 1 is 0.892 bits per heavy atom. The van der Waals surface area contributed by atoms with Crippen LogP contribution in [0.5, 0.6) is 23.0 Å². The molecule has 1 aliphatic carbocycles. The van der Waals surface area contributed by atoms with Crippen molar-refractivity contribution in [1.82, 2.24) is 5.32 Å². The zero-order valence-corrected chi connectivity index (χ0v) is 21.1. The summed E-state index contributed by atoms with van der Waals surface area (Å²) in [6.45, 7) is 0.151. The molecule has 0 bridgehead atoms. The number of thiophene rings is 1. The molecule has 3 heterocycles. The largest absolute Gasteiger partial charge is 0.485 e. The molecule has 2 atom stereocenters. The molecular formula is C28H28N2O6S. The molecule has 1 N–H and O–H groups in total. The van der Waals surface area contributed by atoms with Gasteiger partial charge in [-0.2, -0.15) is 0 Å². The maximum atomic E-state index is 14.2. The lowest BCUT2D eigenvalue weighted by atomic mass is 9.95. The number of ether oxygens (including phenoxy) is 4. The fourth-order valence-electron chi connectivity index (χ4n) is 5.08. The maximum absolute atomic E-state index is 14.2. The number of benzene rings is 2. The number of hydrogen-bond acceptors (Lipinski definition) is 7. The Balaban J connectivity index is 1.38. The second-order valence-electron chi connectivity index (χ2n) is 9.37. The molecule has 6 rings (SSSR count). The predicted octanol–water partition coefficient (Wildman–Crippen LogP) is 4.84. The normalized spacial score (nSPS) is 19.2. The van der Waals surface area contributed by atoms with E-state index in [1.54, 1.807) is 30.3 Å². The van der Waals surface area contributed by atoms with E-state index in [9.17, 15) is 9.59 Å². The number of amides is 2. The van der Waals surface area contributed by atoms with Crippen molar-refractivity contribution in [2.75, 3.05) is 18.3 Å². The van der Waals surface area contributed by atoms with Crippen molar-refractivity contribution < 1.29 is 28.5 Å². The van der Waals surface area contributed by atoms with Gasteiger partial charge < -0.3 is 24.3 Å². The van der Waals surface area contributed by atoms with E-state index in [2.05, 4.69) is 5.32 Å². The van der Waals surface area contributed by atoms with E-state index in [0.29, 0.717) is 28.7 Å². The van der Waals surface area contributed by atoms with Gasteiger partial charge in [-0.1, -0.05) is 37.5 Å². The second kappa shape index (κ2) is 10.3. The SMILES string of the molecule is O=C(NC1CCCCC1)[C@@H](c1cccs1)N(C(=O)[C@@H]1COc2ccccc2O1)c1ccc2c(c1)OCO2. The minimum absolute atomic E-state index is 0.0400. The van der Waals surface area contributed by atoms with E-state index in [4.69, 9.17) is 18.9 Å². The Labute approximate surface area is 219 Å². The van der Waals surface area contributed by atoms with Crippen molar-refractivity contribution in [1.29, 1.82) is 0 Å². The van der Waals surface area contributed by atoms with E-state index in [1.807, 2.05) is 29.6 Å². The molecule has 9 heteroatoms. The molecule has 37 heavy (non-hydrogen) atoms. The van der Waals surface area contributed by atoms with Gasteiger partial charge in [-0.05, 0) is 48.6 Å². The van der Waals surface area contributed by atoms with Crippen molar-refractivity contribution in [3.8, 4) is 23.0 Å². The first-order chi connectivity index (χ1) is 18.2. The van der Waals surface area contributed by atoms with Crippen molar-refractivity contribution in [2.45, 2.75) is 50.3 Å². The Morgan fingerprint density at radius 3 is 2.49 bits per heavy atom. The fourth-order valence-corrected chi connectivity index (χ4v) is 5.90. The Morgan fingerprint density at radius 2 is 1.68 bits per heavy atom. The molecule has 8 nitrogen and oxygen atoms in total. The van der Waals surface area contributed by atoms with Gasteiger partial charge in [0, 0.05) is 22.7 Å². The summed E-state index contributed by atoms with van der Waals surface area (Å²) in [5.41, 5.74) is 0.522. The Hall–Kier alpha value is -3.72. The van der Waals surface area contributed by atoms with Gasteiger partial charge in [0.25, 0.3) is 5.91 Å². The van der Waals surface area contributed by atoms with Crippen molar-refractivity contribution in [2.24, 2.45) is 0 Å². The molecule has 2 aromatic carbocycles. The summed E-state index contributed by atoms with van der Waals surface area (Å²) in [7, 11) is 0. The molecule has 1 fully saturated rings. The van der Waals surface area contributed by atoms with Crippen LogP contribution < -0.4 is 29.2 Å². The highest BCUT2D eigenvalue weighted by atomic mass is 32.1. The summed E-state index contributed by atoms with van der Waals surface area (Å²) in [6, 6.07) is 15.5. The number of para-hydroxylation sites is 2. The fraction of sp³-hybridized carbons (Fsp3) is 0.357. The average molecular weight is 521 g/mol. The number of rotatable bonds is 6. The summed E-state index contributed by atoms with van der Waals surface area (Å²) < 4.78 is 23.0. The molecule has 192 valence electrons. The molecule has 2 aliphatic heterocycles. The van der Waals surface area contributed by atoms with Gasteiger partial charge in [-0.15, -0.1) is 11.3 Å². The topological polar surface area (TPSA) is 86.3 Å². The number of carbonyl (C=O) groups excluding carboxylic acids is 2. The van der Waals surface area contributed by atoms with E-state index in [-0.39, 0.29) is 31.3 Å². The molecule has 1 aromatic heterocycles. The number of hydrogen-bond donors (Lipinski definition) is 1. The first kappa shape index (κ1) is 23.7. The van der Waals surface area contributed by atoms with E-state index in [1.165, 1.54) is 22.7 Å². The van der Waals surface area contributed by atoms with Crippen LogP contribution in [0.4, 0.5) is 5.69 Å². The van der Waals surface area contributed by atoms with Crippen molar-refractivity contribution >= 4 is 28.8 Å². The smallest absolute Gasteiger partial charge is 0.272 e. The van der Waals surface area contributed by atoms with Crippen molar-refractivity contribution in [3.05, 3.63) is 64.9 Å². The third-order valence-corrected chi connectivity index (χ3v) is 7.85. The van der Waals surface area contributed by atoms with Crippen LogP contribution >= 0.6 is 11.3 Å². The molecule has 2 amide bonds. The van der Waals surface area contributed by atoms with Gasteiger partial charge in [-0.3, -0.25) is 14.5 Å². The van der Waals surface area contributed by atoms with Crippen LogP contribution in [0.1, 0.15) is 43.0 Å². The molecule has 1 saturated carbocycles. The number of anilines is 1. The predicted molar refractivity (Wildman–Crippen MR) is 138 cm³/mol. The van der Waals surface area contributed by atoms with Crippen LogP contribution in [0.15, 0.2) is 60.0 Å². The van der Waals surface area contributed by atoms with Gasteiger partial charge in [0.1, 0.15) is 12.6 Å². The van der Waals surface area contributed by atoms with Gasteiger partial charge in [-0.25, -0.2) is 0 Å². The molecular weight excluding hydrogens is 492 g/mol. The average Bonchev–Trinajstić information content (AvgIpc) is 3.63. The van der Waals surface area contributed by atoms with Gasteiger partial charge in [0.2, 0.25) is 18.8 Å². The van der Waals surface area contributed by atoms with Crippen LogP contribution in [0.3, 0.4) is 0 Å². The van der Waals surface area contributed by atoms with E-state index in [0.717, 1.165) is 30.6 Å². The van der Waals surface area contributed by atoms with E-state index < -0.39 is 12.1 Å². The van der Waals surface area contributed by atoms with Gasteiger partial charge >= 0.3 is 0 Å². The monoisotopic (exact) mass is 520 g/mol. The third-order valence-electron chi connectivity index (χ3n) is 6.93. The van der Waals surface area contributed by atoms with Crippen LogP contribution in [-0.2, 0) is 9.59 Å². The summed E-state index contributed by atoms with van der Waals surface area (Å²) in [5, 5.41) is 5.14. The van der Waals surface area contributed by atoms with Gasteiger partial charge in [0.05, 0.1) is 0 Å². The van der Waals surface area contributed by atoms with Crippen LogP contribution in [0, 0.1) is 0 Å². The highest BCUT2D eigenvalue weighted by Crippen LogP contribution is 2.40. The lowest BCUT2D eigenvalue weighted by Crippen LogP contribution is -2.52. The number of nitrogens with one attached hydrogen (secondary N) is 1.